The molecule has 0 saturated heterocycles. The van der Waals surface area contributed by atoms with Gasteiger partial charge in [0.15, 0.2) is 0 Å². The van der Waals surface area contributed by atoms with E-state index < -0.39 is 0 Å². The Morgan fingerprint density at radius 2 is 1.97 bits per heavy atom. The third kappa shape index (κ3) is 3.68. The third-order valence-corrected chi connectivity index (χ3v) is 5.56. The number of nitrogens with zero attached hydrogens (tertiary/aromatic N) is 2. The van der Waals surface area contributed by atoms with Gasteiger partial charge in [-0.15, -0.1) is 0 Å². The van der Waals surface area contributed by atoms with Crippen LogP contribution in [0.4, 0.5) is 0 Å². The van der Waals surface area contributed by atoms with Gasteiger partial charge >= 0.3 is 0 Å². The number of aromatic nitrogens is 2. The molecule has 30 heavy (non-hydrogen) atoms. The van der Waals surface area contributed by atoms with Gasteiger partial charge in [-0.05, 0) is 42.7 Å². The molecule has 6 heteroatoms. The number of methoxy groups -OCH3 is 1. The van der Waals surface area contributed by atoms with Gasteiger partial charge in [0, 0.05) is 30.4 Å². The molecule has 0 fully saturated rings. The number of hydrogen-bond donors (Lipinski definition) is 1. The second-order valence-electron chi connectivity index (χ2n) is 7.49. The molecule has 1 atom stereocenters. The largest absolute Gasteiger partial charge is 0.497 e. The first-order valence-corrected chi connectivity index (χ1v) is 9.84. The molecule has 0 bridgehead atoms. The SMILES string of the molecule is COc1ccc(C(NC(=O)Cc2coc3c(C)c(C)ccc23)c2nccn2C)cc1. The van der Waals surface area contributed by atoms with E-state index in [1.165, 1.54) is 5.56 Å². The number of fused-ring (bicyclic) bond motifs is 1. The maximum atomic E-state index is 13.0. The van der Waals surface area contributed by atoms with Crippen LogP contribution in [0.2, 0.25) is 0 Å². The lowest BCUT2D eigenvalue weighted by Gasteiger charge is -2.19. The molecule has 0 radical (unpaired) electrons. The second-order valence-corrected chi connectivity index (χ2v) is 7.49. The number of amides is 1. The van der Waals surface area contributed by atoms with Gasteiger partial charge in [0.25, 0.3) is 0 Å². The van der Waals surface area contributed by atoms with Crippen molar-refractivity contribution in [1.29, 1.82) is 0 Å². The Balaban J connectivity index is 1.61. The minimum atomic E-state index is -0.370. The number of carbonyl (C=O) groups excluding carboxylic acids is 1. The Morgan fingerprint density at radius 1 is 1.20 bits per heavy atom. The van der Waals surface area contributed by atoms with Crippen molar-refractivity contribution < 1.29 is 13.9 Å². The van der Waals surface area contributed by atoms with Crippen molar-refractivity contribution in [2.24, 2.45) is 7.05 Å². The maximum Gasteiger partial charge on any atom is 0.225 e. The normalized spacial score (nSPS) is 12.1. The van der Waals surface area contributed by atoms with Crippen molar-refractivity contribution in [2.75, 3.05) is 7.11 Å². The summed E-state index contributed by atoms with van der Waals surface area (Å²) in [6, 6.07) is 11.4. The zero-order valence-electron chi connectivity index (χ0n) is 17.6. The zero-order chi connectivity index (χ0) is 21.3. The summed E-state index contributed by atoms with van der Waals surface area (Å²) in [5.74, 6) is 1.43. The van der Waals surface area contributed by atoms with Gasteiger partial charge in [-0.1, -0.05) is 24.3 Å². The smallest absolute Gasteiger partial charge is 0.225 e. The molecule has 1 amide bonds. The lowest BCUT2D eigenvalue weighted by atomic mass is 10.0. The fourth-order valence-corrected chi connectivity index (χ4v) is 3.66. The molecule has 6 nitrogen and oxygen atoms in total. The van der Waals surface area contributed by atoms with Crippen LogP contribution < -0.4 is 10.1 Å². The van der Waals surface area contributed by atoms with Gasteiger partial charge < -0.3 is 19.0 Å². The van der Waals surface area contributed by atoms with E-state index in [1.54, 1.807) is 19.6 Å². The fraction of sp³-hybridized carbons (Fsp3) is 0.250. The molecule has 0 spiro atoms. The highest BCUT2D eigenvalue weighted by Crippen LogP contribution is 2.28. The van der Waals surface area contributed by atoms with Crippen molar-refractivity contribution in [1.82, 2.24) is 14.9 Å². The molecule has 0 aliphatic carbocycles. The summed E-state index contributed by atoms with van der Waals surface area (Å²) in [5.41, 5.74) is 4.92. The van der Waals surface area contributed by atoms with Crippen molar-refractivity contribution in [3.8, 4) is 5.75 Å². The molecule has 154 valence electrons. The number of ether oxygens (including phenoxy) is 1. The van der Waals surface area contributed by atoms with E-state index in [4.69, 9.17) is 9.15 Å². The molecule has 2 heterocycles. The van der Waals surface area contributed by atoms with E-state index in [-0.39, 0.29) is 18.4 Å². The number of imidazole rings is 1. The van der Waals surface area contributed by atoms with Gasteiger partial charge in [0.05, 0.1) is 19.8 Å². The Labute approximate surface area is 175 Å². The highest BCUT2D eigenvalue weighted by molar-refractivity contribution is 5.89. The number of carbonyl (C=O) groups is 1. The summed E-state index contributed by atoms with van der Waals surface area (Å²) in [7, 11) is 3.55. The van der Waals surface area contributed by atoms with Crippen LogP contribution in [0.3, 0.4) is 0 Å². The van der Waals surface area contributed by atoms with Crippen LogP contribution in [-0.2, 0) is 18.3 Å². The average molecular weight is 403 g/mol. The van der Waals surface area contributed by atoms with E-state index in [0.29, 0.717) is 0 Å². The summed E-state index contributed by atoms with van der Waals surface area (Å²) in [4.78, 5) is 17.5. The summed E-state index contributed by atoms with van der Waals surface area (Å²) in [6.45, 7) is 4.09. The van der Waals surface area contributed by atoms with Gasteiger partial charge in [-0.2, -0.15) is 0 Å². The third-order valence-electron chi connectivity index (χ3n) is 5.56. The van der Waals surface area contributed by atoms with Crippen LogP contribution in [0, 0.1) is 13.8 Å². The van der Waals surface area contributed by atoms with Crippen LogP contribution in [0.15, 0.2) is 59.5 Å². The van der Waals surface area contributed by atoms with E-state index in [2.05, 4.69) is 23.3 Å². The van der Waals surface area contributed by atoms with Crippen molar-refractivity contribution in [3.05, 3.63) is 83.1 Å². The van der Waals surface area contributed by atoms with E-state index in [1.807, 2.05) is 55.1 Å². The molecule has 0 aliphatic heterocycles. The Kier molecular flexibility index (Phi) is 5.31. The minimum Gasteiger partial charge on any atom is -0.497 e. The summed E-state index contributed by atoms with van der Waals surface area (Å²) in [5, 5.41) is 4.12. The summed E-state index contributed by atoms with van der Waals surface area (Å²) >= 11 is 0. The van der Waals surface area contributed by atoms with Crippen molar-refractivity contribution in [3.63, 3.8) is 0 Å². The summed E-state index contributed by atoms with van der Waals surface area (Å²) < 4.78 is 12.9. The molecular formula is C24H25N3O3. The lowest BCUT2D eigenvalue weighted by molar-refractivity contribution is -0.121. The van der Waals surface area contributed by atoms with Gasteiger partial charge in [-0.25, -0.2) is 4.98 Å². The average Bonchev–Trinajstić information content (AvgIpc) is 3.35. The molecule has 2 aromatic carbocycles. The number of hydrogen-bond acceptors (Lipinski definition) is 4. The predicted octanol–water partition coefficient (Wildman–Crippen LogP) is 4.24. The number of benzene rings is 2. The van der Waals surface area contributed by atoms with E-state index in [9.17, 15) is 4.79 Å². The zero-order valence-corrected chi connectivity index (χ0v) is 17.6. The van der Waals surface area contributed by atoms with Crippen molar-refractivity contribution in [2.45, 2.75) is 26.3 Å². The molecule has 1 unspecified atom stereocenters. The quantitative estimate of drug-likeness (QED) is 0.523. The van der Waals surface area contributed by atoms with Crippen LogP contribution in [0.5, 0.6) is 5.75 Å². The van der Waals surface area contributed by atoms with E-state index in [0.717, 1.165) is 39.2 Å². The van der Waals surface area contributed by atoms with Crippen LogP contribution in [0.25, 0.3) is 11.0 Å². The monoisotopic (exact) mass is 403 g/mol. The number of rotatable bonds is 6. The first kappa shape index (κ1) is 19.8. The highest BCUT2D eigenvalue weighted by Gasteiger charge is 2.22. The first-order valence-electron chi connectivity index (χ1n) is 9.84. The van der Waals surface area contributed by atoms with Gasteiger partial charge in [0.1, 0.15) is 23.2 Å². The molecule has 0 saturated carbocycles. The number of nitrogens with one attached hydrogen (secondary N) is 1. The summed E-state index contributed by atoms with van der Waals surface area (Å²) in [6.07, 6.45) is 5.51. The maximum absolute atomic E-state index is 13.0. The molecule has 1 N–H and O–H groups in total. The number of furan rings is 1. The van der Waals surface area contributed by atoms with E-state index >= 15 is 0 Å². The fourth-order valence-electron chi connectivity index (χ4n) is 3.66. The molecule has 4 aromatic rings. The van der Waals surface area contributed by atoms with Crippen LogP contribution >= 0.6 is 0 Å². The van der Waals surface area contributed by atoms with Crippen LogP contribution in [0.1, 0.15) is 34.1 Å². The Hall–Kier alpha value is -3.54. The predicted molar refractivity (Wildman–Crippen MR) is 116 cm³/mol. The second kappa shape index (κ2) is 8.06. The van der Waals surface area contributed by atoms with Crippen molar-refractivity contribution >= 4 is 16.9 Å². The molecule has 2 aromatic heterocycles. The lowest BCUT2D eigenvalue weighted by Crippen LogP contribution is -2.32. The standard InChI is InChI=1S/C24H25N3O3/c1-15-5-10-20-18(14-30-23(20)16(15)2)13-21(28)26-22(24-25-11-12-27(24)3)17-6-8-19(29-4)9-7-17/h5-12,14,22H,13H2,1-4H3,(H,26,28). The van der Waals surface area contributed by atoms with Gasteiger partial charge in [-0.3, -0.25) is 4.79 Å². The molecule has 0 aliphatic rings. The Morgan fingerprint density at radius 3 is 2.63 bits per heavy atom. The highest BCUT2D eigenvalue weighted by atomic mass is 16.5. The van der Waals surface area contributed by atoms with Crippen LogP contribution in [-0.4, -0.2) is 22.6 Å². The first-order chi connectivity index (χ1) is 14.5. The van der Waals surface area contributed by atoms with Gasteiger partial charge in [0.2, 0.25) is 5.91 Å². The molecule has 4 rings (SSSR count). The topological polar surface area (TPSA) is 69.3 Å². The Bertz CT molecular complexity index is 1190. The number of aryl methyl sites for hydroxylation is 3. The molecular weight excluding hydrogens is 378 g/mol. The minimum absolute atomic E-state index is 0.0975.